The summed E-state index contributed by atoms with van der Waals surface area (Å²) >= 11 is 0. The first kappa shape index (κ1) is 16.2. The van der Waals surface area contributed by atoms with Crippen LogP contribution in [0.4, 0.5) is 0 Å². The summed E-state index contributed by atoms with van der Waals surface area (Å²) in [5, 5.41) is 5.58. The van der Waals surface area contributed by atoms with Gasteiger partial charge in [0.25, 0.3) is 0 Å². The third-order valence-electron chi connectivity index (χ3n) is 3.13. The molecule has 0 saturated carbocycles. The Balaban J connectivity index is 2.61. The molecule has 0 saturated heterocycles. The van der Waals surface area contributed by atoms with Gasteiger partial charge in [-0.2, -0.15) is 0 Å². The highest BCUT2D eigenvalue weighted by Crippen LogP contribution is 2.16. The zero-order chi connectivity index (χ0) is 15.3. The largest absolute Gasteiger partial charge is 0.353 e. The van der Waals surface area contributed by atoms with Gasteiger partial charge in [-0.15, -0.1) is 0 Å². The molecule has 1 aromatic carbocycles. The first-order valence-electron chi connectivity index (χ1n) is 6.88. The lowest BCUT2D eigenvalue weighted by atomic mass is 9.90. The highest BCUT2D eigenvalue weighted by Gasteiger charge is 2.35. The van der Waals surface area contributed by atoms with E-state index >= 15 is 0 Å². The molecular weight excluding hydrogens is 252 g/mol. The lowest BCUT2D eigenvalue weighted by Crippen LogP contribution is -2.49. The molecule has 0 aliphatic heterocycles. The monoisotopic (exact) mass is 276 g/mol. The third-order valence-corrected chi connectivity index (χ3v) is 3.13. The van der Waals surface area contributed by atoms with Crippen molar-refractivity contribution in [3.8, 4) is 0 Å². The first-order valence-corrected chi connectivity index (χ1v) is 6.88. The van der Waals surface area contributed by atoms with Gasteiger partial charge in [0.2, 0.25) is 11.8 Å². The normalized spacial score (nSPS) is 11.3. The number of rotatable bonds is 5. The average molecular weight is 276 g/mol. The van der Waals surface area contributed by atoms with Crippen LogP contribution >= 0.6 is 0 Å². The fourth-order valence-corrected chi connectivity index (χ4v) is 1.65. The third kappa shape index (κ3) is 4.37. The zero-order valence-electron chi connectivity index (χ0n) is 12.9. The van der Waals surface area contributed by atoms with Gasteiger partial charge in [0.05, 0.1) is 0 Å². The van der Waals surface area contributed by atoms with Crippen LogP contribution in [0.3, 0.4) is 0 Å². The smallest absolute Gasteiger partial charge is 0.235 e. The molecule has 4 heteroatoms. The highest BCUT2D eigenvalue weighted by molar-refractivity contribution is 6.04. The number of hydrogen-bond acceptors (Lipinski definition) is 2. The van der Waals surface area contributed by atoms with E-state index in [1.54, 1.807) is 13.8 Å². The van der Waals surface area contributed by atoms with Crippen LogP contribution < -0.4 is 10.6 Å². The second-order valence-electron chi connectivity index (χ2n) is 5.92. The maximum absolute atomic E-state index is 12.2. The van der Waals surface area contributed by atoms with Gasteiger partial charge in [0.1, 0.15) is 5.41 Å². The molecule has 0 aromatic heterocycles. The van der Waals surface area contributed by atoms with Crippen LogP contribution in [-0.4, -0.2) is 17.9 Å². The fourth-order valence-electron chi connectivity index (χ4n) is 1.65. The summed E-state index contributed by atoms with van der Waals surface area (Å²) in [6.07, 6.45) is 0. The molecule has 0 aliphatic carbocycles. The van der Waals surface area contributed by atoms with E-state index in [0.717, 1.165) is 5.56 Å². The van der Waals surface area contributed by atoms with Gasteiger partial charge >= 0.3 is 0 Å². The van der Waals surface area contributed by atoms with Crippen LogP contribution in [0.2, 0.25) is 0 Å². The molecule has 0 radical (unpaired) electrons. The summed E-state index contributed by atoms with van der Waals surface area (Å²) < 4.78 is 0. The van der Waals surface area contributed by atoms with E-state index in [1.165, 1.54) is 5.56 Å². The lowest BCUT2D eigenvalue weighted by Gasteiger charge is -2.24. The van der Waals surface area contributed by atoms with Crippen molar-refractivity contribution >= 4 is 11.8 Å². The first-order chi connectivity index (χ1) is 9.23. The molecule has 4 nitrogen and oxygen atoms in total. The van der Waals surface area contributed by atoms with Crippen LogP contribution in [0.1, 0.15) is 38.8 Å². The summed E-state index contributed by atoms with van der Waals surface area (Å²) in [7, 11) is 0. The van der Waals surface area contributed by atoms with Gasteiger partial charge in [-0.05, 0) is 40.2 Å². The van der Waals surface area contributed by atoms with Crippen LogP contribution in [0.25, 0.3) is 0 Å². The standard InChI is InChI=1S/C16H24N2O2/c1-11(2)18-15(20)16(4,5)14(19)17-10-13-8-6-12(3)7-9-13/h6-9,11H,10H2,1-5H3,(H,17,19)(H,18,20). The van der Waals surface area contributed by atoms with Crippen molar-refractivity contribution in [1.29, 1.82) is 0 Å². The predicted molar refractivity (Wildman–Crippen MR) is 80.1 cm³/mol. The Morgan fingerprint density at radius 2 is 1.65 bits per heavy atom. The molecule has 0 heterocycles. The maximum Gasteiger partial charge on any atom is 0.235 e. The molecule has 0 aliphatic rings. The van der Waals surface area contributed by atoms with E-state index in [-0.39, 0.29) is 17.9 Å². The SMILES string of the molecule is Cc1ccc(CNC(=O)C(C)(C)C(=O)NC(C)C)cc1. The van der Waals surface area contributed by atoms with Crippen LogP contribution in [0.15, 0.2) is 24.3 Å². The molecule has 0 atom stereocenters. The van der Waals surface area contributed by atoms with Gasteiger partial charge in [0.15, 0.2) is 0 Å². The van der Waals surface area contributed by atoms with E-state index in [4.69, 9.17) is 0 Å². The van der Waals surface area contributed by atoms with Crippen molar-refractivity contribution in [3.05, 3.63) is 35.4 Å². The van der Waals surface area contributed by atoms with Crippen molar-refractivity contribution in [1.82, 2.24) is 10.6 Å². The number of hydrogen-bond donors (Lipinski definition) is 2. The molecule has 1 aromatic rings. The number of carbonyl (C=O) groups excluding carboxylic acids is 2. The molecule has 0 bridgehead atoms. The highest BCUT2D eigenvalue weighted by atomic mass is 16.2. The minimum atomic E-state index is -1.07. The summed E-state index contributed by atoms with van der Waals surface area (Å²) in [6, 6.07) is 7.95. The number of carbonyl (C=O) groups is 2. The summed E-state index contributed by atoms with van der Waals surface area (Å²) in [6.45, 7) is 9.46. The van der Waals surface area contributed by atoms with Crippen LogP contribution in [-0.2, 0) is 16.1 Å². The number of aryl methyl sites for hydroxylation is 1. The Hall–Kier alpha value is -1.84. The van der Waals surface area contributed by atoms with Gasteiger partial charge in [-0.1, -0.05) is 29.8 Å². The Labute approximate surface area is 121 Å². The summed E-state index contributed by atoms with van der Waals surface area (Å²) in [5.74, 6) is -0.523. The van der Waals surface area contributed by atoms with Crippen molar-refractivity contribution in [2.45, 2.75) is 47.2 Å². The Bertz CT molecular complexity index is 476. The Kier molecular flexibility index (Phi) is 5.31. The minimum Gasteiger partial charge on any atom is -0.353 e. The lowest BCUT2D eigenvalue weighted by molar-refractivity contribution is -0.141. The molecule has 110 valence electrons. The molecule has 2 amide bonds. The summed E-state index contributed by atoms with van der Waals surface area (Å²) in [4.78, 5) is 24.2. The molecule has 0 spiro atoms. The Morgan fingerprint density at radius 1 is 1.10 bits per heavy atom. The maximum atomic E-state index is 12.2. The topological polar surface area (TPSA) is 58.2 Å². The van der Waals surface area contributed by atoms with E-state index in [9.17, 15) is 9.59 Å². The number of benzene rings is 1. The molecule has 0 unspecified atom stereocenters. The van der Waals surface area contributed by atoms with Gasteiger partial charge in [-0.3, -0.25) is 9.59 Å². The van der Waals surface area contributed by atoms with Crippen LogP contribution in [0.5, 0.6) is 0 Å². The summed E-state index contributed by atoms with van der Waals surface area (Å²) in [5.41, 5.74) is 1.12. The van der Waals surface area contributed by atoms with Gasteiger partial charge in [0, 0.05) is 12.6 Å². The van der Waals surface area contributed by atoms with Crippen molar-refractivity contribution in [2.24, 2.45) is 5.41 Å². The van der Waals surface area contributed by atoms with Crippen LogP contribution in [0, 0.1) is 12.3 Å². The average Bonchev–Trinajstić information content (AvgIpc) is 2.36. The van der Waals surface area contributed by atoms with E-state index in [1.807, 2.05) is 45.0 Å². The van der Waals surface area contributed by atoms with E-state index < -0.39 is 5.41 Å². The molecule has 0 fully saturated rings. The van der Waals surface area contributed by atoms with Crippen molar-refractivity contribution < 1.29 is 9.59 Å². The zero-order valence-corrected chi connectivity index (χ0v) is 12.9. The van der Waals surface area contributed by atoms with Gasteiger partial charge < -0.3 is 10.6 Å². The molecule has 20 heavy (non-hydrogen) atoms. The van der Waals surface area contributed by atoms with Crippen molar-refractivity contribution in [2.75, 3.05) is 0 Å². The molecule has 2 N–H and O–H groups in total. The molecular formula is C16H24N2O2. The van der Waals surface area contributed by atoms with E-state index in [0.29, 0.717) is 6.54 Å². The number of nitrogens with one attached hydrogen (secondary N) is 2. The van der Waals surface area contributed by atoms with E-state index in [2.05, 4.69) is 10.6 Å². The van der Waals surface area contributed by atoms with Crippen molar-refractivity contribution in [3.63, 3.8) is 0 Å². The quantitative estimate of drug-likeness (QED) is 0.810. The Morgan fingerprint density at radius 3 is 2.15 bits per heavy atom. The predicted octanol–water partition coefficient (Wildman–Crippen LogP) is 2.16. The number of amides is 2. The van der Waals surface area contributed by atoms with Gasteiger partial charge in [-0.25, -0.2) is 0 Å². The minimum absolute atomic E-state index is 0.0201. The molecule has 1 rings (SSSR count). The second kappa shape index (κ2) is 6.55. The second-order valence-corrected chi connectivity index (χ2v) is 5.92. The fraction of sp³-hybridized carbons (Fsp3) is 0.500.